The second kappa shape index (κ2) is 5.02. The summed E-state index contributed by atoms with van der Waals surface area (Å²) in [5.74, 6) is 0.688. The largest absolute Gasteiger partial charge is 0.475 e. The zero-order valence-corrected chi connectivity index (χ0v) is 11.4. The lowest BCUT2D eigenvalue weighted by atomic mass is 10.1. The highest BCUT2D eigenvalue weighted by molar-refractivity contribution is 6.05. The standard InChI is InChI=1S/C18H14N2O/c1-2-6-13(7-3-1)16-12-21-18(20-16)15-10-4-8-14-9-5-11-19-17(14)15/h1-11,16H,12H2/t16-/m1/s1. The Hall–Kier alpha value is -2.68. The molecule has 3 nitrogen and oxygen atoms in total. The molecule has 2 heterocycles. The van der Waals surface area contributed by atoms with E-state index in [1.54, 1.807) is 6.20 Å². The van der Waals surface area contributed by atoms with Gasteiger partial charge in [0.25, 0.3) is 0 Å². The van der Waals surface area contributed by atoms with Crippen LogP contribution >= 0.6 is 0 Å². The maximum Gasteiger partial charge on any atom is 0.219 e. The van der Waals surface area contributed by atoms with Gasteiger partial charge in [0.2, 0.25) is 5.90 Å². The monoisotopic (exact) mass is 274 g/mol. The van der Waals surface area contributed by atoms with Crippen LogP contribution in [-0.4, -0.2) is 17.5 Å². The molecule has 1 aliphatic rings. The van der Waals surface area contributed by atoms with Crippen molar-refractivity contribution in [1.82, 2.24) is 4.98 Å². The van der Waals surface area contributed by atoms with E-state index in [9.17, 15) is 0 Å². The van der Waals surface area contributed by atoms with Gasteiger partial charge in [0, 0.05) is 11.6 Å². The number of aromatic nitrogens is 1. The first kappa shape index (κ1) is 12.1. The van der Waals surface area contributed by atoms with E-state index in [1.807, 2.05) is 36.4 Å². The number of fused-ring (bicyclic) bond motifs is 1. The Morgan fingerprint density at radius 3 is 2.67 bits per heavy atom. The fourth-order valence-corrected chi connectivity index (χ4v) is 2.64. The van der Waals surface area contributed by atoms with E-state index in [-0.39, 0.29) is 6.04 Å². The number of benzene rings is 2. The summed E-state index contributed by atoms with van der Waals surface area (Å²) in [6, 6.07) is 20.4. The van der Waals surface area contributed by atoms with E-state index in [0.717, 1.165) is 16.5 Å². The Morgan fingerprint density at radius 1 is 0.905 bits per heavy atom. The van der Waals surface area contributed by atoms with Gasteiger partial charge in [-0.25, -0.2) is 4.99 Å². The molecule has 0 bridgehead atoms. The van der Waals surface area contributed by atoms with Crippen molar-refractivity contribution in [2.75, 3.05) is 6.61 Å². The molecule has 0 fully saturated rings. The van der Waals surface area contributed by atoms with E-state index in [0.29, 0.717) is 12.5 Å². The van der Waals surface area contributed by atoms with Crippen LogP contribution in [0.1, 0.15) is 17.2 Å². The molecule has 1 aromatic heterocycles. The third-order valence-corrected chi connectivity index (χ3v) is 3.70. The minimum absolute atomic E-state index is 0.0696. The summed E-state index contributed by atoms with van der Waals surface area (Å²) in [5.41, 5.74) is 3.08. The van der Waals surface area contributed by atoms with Gasteiger partial charge in [-0.3, -0.25) is 4.98 Å². The van der Waals surface area contributed by atoms with Crippen LogP contribution < -0.4 is 0 Å². The van der Waals surface area contributed by atoms with Crippen LogP contribution in [-0.2, 0) is 4.74 Å². The second-order valence-electron chi connectivity index (χ2n) is 5.05. The molecular formula is C18H14N2O. The molecule has 1 atom stereocenters. The fraction of sp³-hybridized carbons (Fsp3) is 0.111. The van der Waals surface area contributed by atoms with Crippen molar-refractivity contribution < 1.29 is 4.74 Å². The van der Waals surface area contributed by atoms with Crippen molar-refractivity contribution in [3.8, 4) is 0 Å². The fourth-order valence-electron chi connectivity index (χ4n) is 2.64. The lowest BCUT2D eigenvalue weighted by Crippen LogP contribution is -2.02. The van der Waals surface area contributed by atoms with Crippen molar-refractivity contribution in [3.05, 3.63) is 78.0 Å². The van der Waals surface area contributed by atoms with E-state index < -0.39 is 0 Å². The summed E-state index contributed by atoms with van der Waals surface area (Å²) >= 11 is 0. The highest BCUT2D eigenvalue weighted by Gasteiger charge is 2.22. The number of pyridine rings is 1. The SMILES string of the molecule is c1ccc([C@H]2COC(c3cccc4cccnc34)=N2)cc1. The first-order valence-electron chi connectivity index (χ1n) is 7.01. The smallest absolute Gasteiger partial charge is 0.219 e. The van der Waals surface area contributed by atoms with Crippen molar-refractivity contribution >= 4 is 16.8 Å². The molecule has 0 amide bonds. The molecule has 0 unspecified atom stereocenters. The molecule has 4 rings (SSSR count). The van der Waals surface area contributed by atoms with Crippen molar-refractivity contribution in [1.29, 1.82) is 0 Å². The van der Waals surface area contributed by atoms with Crippen LogP contribution in [0, 0.1) is 0 Å². The number of rotatable bonds is 2. The van der Waals surface area contributed by atoms with Crippen LogP contribution in [0.4, 0.5) is 0 Å². The molecule has 0 N–H and O–H groups in total. The van der Waals surface area contributed by atoms with Gasteiger partial charge >= 0.3 is 0 Å². The lowest BCUT2D eigenvalue weighted by molar-refractivity contribution is 0.320. The molecule has 102 valence electrons. The van der Waals surface area contributed by atoms with Gasteiger partial charge in [-0.1, -0.05) is 48.5 Å². The first-order chi connectivity index (χ1) is 10.4. The zero-order chi connectivity index (χ0) is 14.1. The third-order valence-electron chi connectivity index (χ3n) is 3.70. The minimum atomic E-state index is 0.0696. The number of aliphatic imine (C=N–C) groups is 1. The average molecular weight is 274 g/mol. The molecule has 3 heteroatoms. The van der Waals surface area contributed by atoms with E-state index in [4.69, 9.17) is 9.73 Å². The minimum Gasteiger partial charge on any atom is -0.475 e. The highest BCUT2D eigenvalue weighted by atomic mass is 16.5. The zero-order valence-electron chi connectivity index (χ0n) is 11.4. The van der Waals surface area contributed by atoms with Crippen LogP contribution in [0.3, 0.4) is 0 Å². The molecule has 0 aliphatic carbocycles. The molecule has 0 radical (unpaired) electrons. The lowest BCUT2D eigenvalue weighted by Gasteiger charge is -2.04. The third kappa shape index (κ3) is 2.17. The van der Waals surface area contributed by atoms with Crippen molar-refractivity contribution in [3.63, 3.8) is 0 Å². The van der Waals surface area contributed by atoms with Gasteiger partial charge in [-0.15, -0.1) is 0 Å². The number of hydrogen-bond donors (Lipinski definition) is 0. The maximum absolute atomic E-state index is 5.82. The van der Waals surface area contributed by atoms with E-state index in [2.05, 4.69) is 29.2 Å². The summed E-state index contributed by atoms with van der Waals surface area (Å²) in [5, 5.41) is 1.10. The molecule has 0 saturated heterocycles. The predicted octanol–water partition coefficient (Wildman–Crippen LogP) is 3.75. The van der Waals surface area contributed by atoms with Gasteiger partial charge in [0.1, 0.15) is 12.6 Å². The van der Waals surface area contributed by atoms with Gasteiger partial charge in [-0.05, 0) is 17.7 Å². The summed E-state index contributed by atoms with van der Waals surface area (Å²) in [4.78, 5) is 9.20. The molecule has 2 aromatic carbocycles. The van der Waals surface area contributed by atoms with E-state index in [1.165, 1.54) is 5.56 Å². The summed E-state index contributed by atoms with van der Waals surface area (Å²) in [6.07, 6.45) is 1.80. The topological polar surface area (TPSA) is 34.5 Å². The van der Waals surface area contributed by atoms with Crippen molar-refractivity contribution in [2.45, 2.75) is 6.04 Å². The van der Waals surface area contributed by atoms with Crippen LogP contribution in [0.25, 0.3) is 10.9 Å². The maximum atomic E-state index is 5.82. The first-order valence-corrected chi connectivity index (χ1v) is 7.01. The number of nitrogens with zero attached hydrogens (tertiary/aromatic N) is 2. The summed E-state index contributed by atoms with van der Waals surface area (Å²) in [7, 11) is 0. The normalized spacial score (nSPS) is 17.5. The summed E-state index contributed by atoms with van der Waals surface area (Å²) < 4.78 is 5.82. The molecular weight excluding hydrogens is 260 g/mol. The van der Waals surface area contributed by atoms with Crippen LogP contribution in [0.2, 0.25) is 0 Å². The Bertz CT molecular complexity index is 806. The van der Waals surface area contributed by atoms with Gasteiger partial charge in [0.05, 0.1) is 11.1 Å². The number of hydrogen-bond acceptors (Lipinski definition) is 3. The Labute approximate surface area is 122 Å². The Morgan fingerprint density at radius 2 is 1.76 bits per heavy atom. The second-order valence-corrected chi connectivity index (χ2v) is 5.05. The molecule has 0 saturated carbocycles. The van der Waals surface area contributed by atoms with Gasteiger partial charge in [-0.2, -0.15) is 0 Å². The molecule has 3 aromatic rings. The number of para-hydroxylation sites is 1. The number of ether oxygens (including phenoxy) is 1. The average Bonchev–Trinajstić information content (AvgIpc) is 3.05. The quantitative estimate of drug-likeness (QED) is 0.713. The highest BCUT2D eigenvalue weighted by Crippen LogP contribution is 2.27. The molecule has 1 aliphatic heterocycles. The summed E-state index contributed by atoms with van der Waals surface area (Å²) in [6.45, 7) is 0.586. The Balaban J connectivity index is 1.77. The predicted molar refractivity (Wildman–Crippen MR) is 83.4 cm³/mol. The van der Waals surface area contributed by atoms with Gasteiger partial charge in [0.15, 0.2) is 0 Å². The Kier molecular flexibility index (Phi) is 2.89. The van der Waals surface area contributed by atoms with Crippen LogP contribution in [0.5, 0.6) is 0 Å². The van der Waals surface area contributed by atoms with Crippen molar-refractivity contribution in [2.24, 2.45) is 4.99 Å². The van der Waals surface area contributed by atoms with E-state index >= 15 is 0 Å². The molecule has 0 spiro atoms. The van der Waals surface area contributed by atoms with Gasteiger partial charge < -0.3 is 4.74 Å². The molecule has 21 heavy (non-hydrogen) atoms. The van der Waals surface area contributed by atoms with Crippen LogP contribution in [0.15, 0.2) is 71.9 Å².